The lowest BCUT2D eigenvalue weighted by molar-refractivity contribution is -0.115. The molecule has 30 heavy (non-hydrogen) atoms. The molecule has 0 saturated heterocycles. The summed E-state index contributed by atoms with van der Waals surface area (Å²) in [6, 6.07) is 15.0. The first kappa shape index (κ1) is 20.0. The summed E-state index contributed by atoms with van der Waals surface area (Å²) in [5, 5.41) is 13.6. The Kier molecular flexibility index (Phi) is 5.25. The zero-order valence-electron chi connectivity index (χ0n) is 15.5. The summed E-state index contributed by atoms with van der Waals surface area (Å²) in [5.41, 5.74) is 1.67. The third-order valence-electron chi connectivity index (χ3n) is 4.39. The van der Waals surface area contributed by atoms with E-state index in [9.17, 15) is 13.2 Å². The van der Waals surface area contributed by atoms with Crippen LogP contribution in [0, 0.1) is 0 Å². The van der Waals surface area contributed by atoms with Gasteiger partial charge in [0.05, 0.1) is 12.1 Å². The van der Waals surface area contributed by atoms with Crippen molar-refractivity contribution in [1.82, 2.24) is 14.8 Å². The number of amides is 1. The highest BCUT2D eigenvalue weighted by Gasteiger charge is 2.18. The number of aromatic nitrogens is 3. The minimum Gasteiger partial charge on any atom is -0.326 e. The molecule has 4 aromatic rings. The molecule has 0 radical (unpaired) electrons. The minimum atomic E-state index is -4.10. The molecular weight excluding hydrogens is 426 g/mol. The van der Waals surface area contributed by atoms with Crippen molar-refractivity contribution in [2.45, 2.75) is 11.3 Å². The van der Waals surface area contributed by atoms with Crippen molar-refractivity contribution in [3.05, 3.63) is 77.6 Å². The van der Waals surface area contributed by atoms with Gasteiger partial charge in [0.1, 0.15) is 4.90 Å². The normalized spacial score (nSPS) is 11.5. The van der Waals surface area contributed by atoms with E-state index in [0.717, 1.165) is 5.39 Å². The van der Waals surface area contributed by atoms with Crippen molar-refractivity contribution in [2.75, 3.05) is 5.32 Å². The number of primary sulfonamides is 1. The second-order valence-electron chi connectivity index (χ2n) is 6.53. The number of nitrogens with two attached hydrogens (primary N) is 1. The summed E-state index contributed by atoms with van der Waals surface area (Å²) in [5.74, 6) is -0.342. The van der Waals surface area contributed by atoms with Gasteiger partial charge in [0.15, 0.2) is 5.65 Å². The van der Waals surface area contributed by atoms with Gasteiger partial charge < -0.3 is 5.32 Å². The van der Waals surface area contributed by atoms with Crippen LogP contribution in [-0.4, -0.2) is 29.1 Å². The number of anilines is 1. The lowest BCUT2D eigenvalue weighted by Gasteiger charge is -2.11. The first-order chi connectivity index (χ1) is 14.3. The number of hydrogen-bond donors (Lipinski definition) is 2. The second-order valence-corrected chi connectivity index (χ2v) is 8.47. The Morgan fingerprint density at radius 2 is 1.93 bits per heavy atom. The van der Waals surface area contributed by atoms with Crippen LogP contribution in [0.5, 0.6) is 0 Å². The van der Waals surface area contributed by atoms with Gasteiger partial charge >= 0.3 is 0 Å². The van der Waals surface area contributed by atoms with Crippen molar-refractivity contribution in [2.24, 2.45) is 5.14 Å². The van der Waals surface area contributed by atoms with E-state index in [1.165, 1.54) is 16.8 Å². The van der Waals surface area contributed by atoms with Gasteiger partial charge in [-0.15, -0.1) is 5.10 Å². The van der Waals surface area contributed by atoms with E-state index in [1.807, 2.05) is 6.07 Å². The number of hydrogen-bond acceptors (Lipinski definition) is 5. The summed E-state index contributed by atoms with van der Waals surface area (Å²) in [6.07, 6.45) is 3.29. The first-order valence-electron chi connectivity index (χ1n) is 8.82. The summed E-state index contributed by atoms with van der Waals surface area (Å²) in [7, 11) is -4.10. The molecule has 0 aliphatic rings. The topological polar surface area (TPSA) is 120 Å². The predicted octanol–water partition coefficient (Wildman–Crippen LogP) is 2.90. The third kappa shape index (κ3) is 4.18. The van der Waals surface area contributed by atoms with E-state index >= 15 is 0 Å². The highest BCUT2D eigenvalue weighted by Crippen LogP contribution is 2.25. The van der Waals surface area contributed by atoms with Crippen molar-refractivity contribution in [3.8, 4) is 5.69 Å². The fourth-order valence-electron chi connectivity index (χ4n) is 3.01. The molecule has 1 amide bonds. The minimum absolute atomic E-state index is 0.0440. The number of carbonyl (C=O) groups is 1. The number of sulfonamides is 1. The smallest absolute Gasteiger partial charge is 0.240 e. The molecule has 0 bridgehead atoms. The van der Waals surface area contributed by atoms with Gasteiger partial charge in [-0.3, -0.25) is 4.79 Å². The van der Waals surface area contributed by atoms with E-state index in [2.05, 4.69) is 15.4 Å². The fraction of sp³-hybridized carbons (Fsp3) is 0.0500. The van der Waals surface area contributed by atoms with Gasteiger partial charge in [0, 0.05) is 28.5 Å². The number of rotatable bonds is 5. The quantitative estimate of drug-likeness (QED) is 0.493. The molecule has 0 aliphatic heterocycles. The largest absolute Gasteiger partial charge is 0.326 e. The molecule has 0 atom stereocenters. The molecule has 2 heterocycles. The fourth-order valence-corrected chi connectivity index (χ4v) is 3.96. The number of carbonyl (C=O) groups excluding carboxylic acids is 1. The Bertz CT molecular complexity index is 1330. The zero-order chi connectivity index (χ0) is 21.3. The highest BCUT2D eigenvalue weighted by atomic mass is 35.5. The molecular formula is C20H16ClN5O3S. The van der Waals surface area contributed by atoms with E-state index in [-0.39, 0.29) is 28.6 Å². The van der Waals surface area contributed by atoms with Crippen molar-refractivity contribution >= 4 is 44.3 Å². The van der Waals surface area contributed by atoms with Gasteiger partial charge in [-0.25, -0.2) is 23.2 Å². The second kappa shape index (κ2) is 7.86. The lowest BCUT2D eigenvalue weighted by Crippen LogP contribution is -2.18. The van der Waals surface area contributed by atoms with Gasteiger partial charge in [-0.2, -0.15) is 0 Å². The lowest BCUT2D eigenvalue weighted by atomic mass is 10.1. The van der Waals surface area contributed by atoms with Crippen LogP contribution in [0.2, 0.25) is 5.02 Å². The number of pyridine rings is 1. The van der Waals surface area contributed by atoms with E-state index in [4.69, 9.17) is 16.7 Å². The summed E-state index contributed by atoms with van der Waals surface area (Å²) >= 11 is 6.09. The maximum Gasteiger partial charge on any atom is 0.240 e. The zero-order valence-corrected chi connectivity index (χ0v) is 17.1. The molecule has 8 nitrogen and oxygen atoms in total. The van der Waals surface area contributed by atoms with Crippen LogP contribution >= 0.6 is 11.6 Å². The molecule has 3 N–H and O–H groups in total. The van der Waals surface area contributed by atoms with Crippen LogP contribution in [0.15, 0.2) is 71.9 Å². The number of benzene rings is 2. The molecule has 0 fully saturated rings. The number of fused-ring (bicyclic) bond motifs is 1. The maximum absolute atomic E-state index is 12.4. The van der Waals surface area contributed by atoms with Crippen molar-refractivity contribution in [3.63, 3.8) is 0 Å². The molecule has 2 aromatic heterocycles. The number of nitrogens with one attached hydrogen (secondary N) is 1. The Balaban J connectivity index is 1.66. The van der Waals surface area contributed by atoms with E-state index in [1.54, 1.807) is 48.8 Å². The Morgan fingerprint density at radius 1 is 1.13 bits per heavy atom. The Hall–Kier alpha value is -3.27. The molecule has 0 spiro atoms. The van der Waals surface area contributed by atoms with Crippen LogP contribution in [-0.2, 0) is 21.2 Å². The van der Waals surface area contributed by atoms with Crippen LogP contribution in [0.25, 0.3) is 16.7 Å². The Morgan fingerprint density at radius 3 is 2.67 bits per heavy atom. The number of nitrogens with zero attached hydrogens (tertiary/aromatic N) is 3. The molecule has 10 heteroatoms. The van der Waals surface area contributed by atoms with Crippen LogP contribution in [0.1, 0.15) is 5.56 Å². The van der Waals surface area contributed by atoms with Gasteiger partial charge in [-0.1, -0.05) is 29.8 Å². The standard InChI is InChI=1S/C20H16ClN5O3S/c21-16-6-2-1-4-13(16)10-19(27)24-15-7-8-17(18(11-15)30(22,28)29)26-12-14-5-3-9-23-20(14)25-26/h1-9,11-12H,10H2,(H,24,27)(H2,22,28,29). The van der Waals surface area contributed by atoms with Gasteiger partial charge in [0.2, 0.25) is 15.9 Å². The monoisotopic (exact) mass is 441 g/mol. The third-order valence-corrected chi connectivity index (χ3v) is 5.70. The van der Waals surface area contributed by atoms with Crippen LogP contribution in [0.4, 0.5) is 5.69 Å². The average molecular weight is 442 g/mol. The van der Waals surface area contributed by atoms with Crippen molar-refractivity contribution < 1.29 is 13.2 Å². The molecule has 0 aliphatic carbocycles. The molecule has 152 valence electrons. The first-order valence-corrected chi connectivity index (χ1v) is 10.7. The summed E-state index contributed by atoms with van der Waals surface area (Å²) in [6.45, 7) is 0. The summed E-state index contributed by atoms with van der Waals surface area (Å²) in [4.78, 5) is 16.4. The predicted molar refractivity (Wildman–Crippen MR) is 114 cm³/mol. The van der Waals surface area contributed by atoms with Gasteiger partial charge in [0.25, 0.3) is 0 Å². The molecule has 0 saturated carbocycles. The van der Waals surface area contributed by atoms with Crippen molar-refractivity contribution in [1.29, 1.82) is 0 Å². The molecule has 0 unspecified atom stereocenters. The number of halogens is 1. The van der Waals surface area contributed by atoms with E-state index < -0.39 is 10.0 Å². The average Bonchev–Trinajstić information content (AvgIpc) is 3.13. The maximum atomic E-state index is 12.4. The summed E-state index contributed by atoms with van der Waals surface area (Å²) < 4.78 is 25.8. The van der Waals surface area contributed by atoms with Crippen LogP contribution in [0.3, 0.4) is 0 Å². The van der Waals surface area contributed by atoms with E-state index in [0.29, 0.717) is 16.2 Å². The van der Waals surface area contributed by atoms with Gasteiger partial charge in [-0.05, 0) is 42.0 Å². The molecule has 2 aromatic carbocycles. The highest BCUT2D eigenvalue weighted by molar-refractivity contribution is 7.89. The van der Waals surface area contributed by atoms with Crippen LogP contribution < -0.4 is 10.5 Å². The Labute approximate surface area is 177 Å². The SMILES string of the molecule is NS(=O)(=O)c1cc(NC(=O)Cc2ccccc2Cl)ccc1-n1cc2cccnc2n1. The molecule has 4 rings (SSSR count).